The second-order valence-electron chi connectivity index (χ2n) is 3.97. The lowest BCUT2D eigenvalue weighted by Gasteiger charge is -2.14. The molecule has 20 heavy (non-hydrogen) atoms. The van der Waals surface area contributed by atoms with Crippen molar-refractivity contribution in [3.63, 3.8) is 0 Å². The standard InChI is InChI=1S/C11H13F2N3O4/c12-8(13)5-16-3-1-2-7(16)10(18)15-6(11(19)20)4-9(14)17/h1-3,6,8H,4-5H2,(H2,14,17)(H,15,18)(H,19,20). The third-order valence-electron chi connectivity index (χ3n) is 2.41. The summed E-state index contributed by atoms with van der Waals surface area (Å²) in [6, 6.07) is 1.14. The summed E-state index contributed by atoms with van der Waals surface area (Å²) in [5, 5.41) is 10.9. The van der Waals surface area contributed by atoms with Crippen LogP contribution in [0.2, 0.25) is 0 Å². The molecule has 0 aromatic carbocycles. The predicted octanol–water partition coefficient (Wildman–Crippen LogP) is -0.188. The second kappa shape index (κ2) is 6.64. The van der Waals surface area contributed by atoms with Crippen LogP contribution in [0.1, 0.15) is 16.9 Å². The molecule has 1 atom stereocenters. The third kappa shape index (κ3) is 4.34. The van der Waals surface area contributed by atoms with Gasteiger partial charge >= 0.3 is 5.97 Å². The molecule has 1 heterocycles. The van der Waals surface area contributed by atoms with Crippen LogP contribution in [0.15, 0.2) is 18.3 Å². The normalized spacial score (nSPS) is 12.2. The van der Waals surface area contributed by atoms with Gasteiger partial charge in [0, 0.05) is 6.20 Å². The summed E-state index contributed by atoms with van der Waals surface area (Å²) in [6.45, 7) is -0.691. The molecule has 0 spiro atoms. The van der Waals surface area contributed by atoms with Crippen LogP contribution < -0.4 is 11.1 Å². The lowest BCUT2D eigenvalue weighted by atomic mass is 10.2. The number of aliphatic carboxylic acids is 1. The van der Waals surface area contributed by atoms with Gasteiger partial charge in [-0.25, -0.2) is 13.6 Å². The zero-order chi connectivity index (χ0) is 15.3. The largest absolute Gasteiger partial charge is 0.480 e. The molecule has 0 radical (unpaired) electrons. The molecule has 0 saturated carbocycles. The van der Waals surface area contributed by atoms with Crippen molar-refractivity contribution in [3.8, 4) is 0 Å². The molecule has 9 heteroatoms. The number of hydrogen-bond donors (Lipinski definition) is 3. The lowest BCUT2D eigenvalue weighted by molar-refractivity contribution is -0.140. The molecule has 2 amide bonds. The van der Waals surface area contributed by atoms with Crippen molar-refractivity contribution in [2.45, 2.75) is 25.4 Å². The summed E-state index contributed by atoms with van der Waals surface area (Å²) in [5.74, 6) is -3.21. The molecule has 110 valence electrons. The summed E-state index contributed by atoms with van der Waals surface area (Å²) in [4.78, 5) is 33.4. The number of aromatic nitrogens is 1. The number of carboxylic acids is 1. The topological polar surface area (TPSA) is 114 Å². The quantitative estimate of drug-likeness (QED) is 0.645. The highest BCUT2D eigenvalue weighted by Crippen LogP contribution is 2.07. The molecule has 0 saturated heterocycles. The van der Waals surface area contributed by atoms with Crippen LogP contribution in [0.4, 0.5) is 8.78 Å². The number of amides is 2. The Kier molecular flexibility index (Phi) is 5.18. The Hall–Kier alpha value is -2.45. The number of nitrogens with zero attached hydrogens (tertiary/aromatic N) is 1. The first-order chi connectivity index (χ1) is 9.31. The number of hydrogen-bond acceptors (Lipinski definition) is 3. The van der Waals surface area contributed by atoms with Crippen LogP contribution in [0.3, 0.4) is 0 Å². The van der Waals surface area contributed by atoms with Crippen LogP contribution in [0.25, 0.3) is 0 Å². The van der Waals surface area contributed by atoms with Gasteiger partial charge in [0.15, 0.2) is 0 Å². The number of nitrogens with two attached hydrogens (primary N) is 1. The molecule has 0 fully saturated rings. The number of carboxylic acid groups (broad SMARTS) is 1. The Morgan fingerprint density at radius 1 is 1.40 bits per heavy atom. The predicted molar refractivity (Wildman–Crippen MR) is 63.1 cm³/mol. The molecule has 1 rings (SSSR count). The maximum atomic E-state index is 12.3. The van der Waals surface area contributed by atoms with E-state index < -0.39 is 43.2 Å². The van der Waals surface area contributed by atoms with Crippen molar-refractivity contribution >= 4 is 17.8 Å². The summed E-state index contributed by atoms with van der Waals surface area (Å²) >= 11 is 0. The number of carbonyl (C=O) groups is 3. The first kappa shape index (κ1) is 15.6. The zero-order valence-electron chi connectivity index (χ0n) is 10.3. The van der Waals surface area contributed by atoms with Crippen LogP contribution in [-0.2, 0) is 16.1 Å². The minimum Gasteiger partial charge on any atom is -0.480 e. The van der Waals surface area contributed by atoms with E-state index in [1.54, 1.807) is 0 Å². The van der Waals surface area contributed by atoms with Crippen LogP contribution >= 0.6 is 0 Å². The highest BCUT2D eigenvalue weighted by atomic mass is 19.3. The fourth-order valence-electron chi connectivity index (χ4n) is 1.56. The first-order valence-electron chi connectivity index (χ1n) is 5.56. The van der Waals surface area contributed by atoms with E-state index in [0.717, 1.165) is 4.57 Å². The molecule has 1 unspecified atom stereocenters. The van der Waals surface area contributed by atoms with Crippen molar-refractivity contribution in [3.05, 3.63) is 24.0 Å². The number of primary amides is 1. The molecule has 0 bridgehead atoms. The van der Waals surface area contributed by atoms with Crippen LogP contribution in [-0.4, -0.2) is 39.9 Å². The number of halogens is 2. The number of nitrogens with one attached hydrogen (secondary N) is 1. The van der Waals surface area contributed by atoms with E-state index in [0.29, 0.717) is 0 Å². The van der Waals surface area contributed by atoms with E-state index in [-0.39, 0.29) is 5.69 Å². The molecular formula is C11H13F2N3O4. The molecule has 1 aromatic heterocycles. The van der Waals surface area contributed by atoms with Gasteiger partial charge in [0.1, 0.15) is 11.7 Å². The third-order valence-corrected chi connectivity index (χ3v) is 2.41. The van der Waals surface area contributed by atoms with E-state index in [9.17, 15) is 23.2 Å². The molecular weight excluding hydrogens is 276 g/mol. The Bertz CT molecular complexity index is 516. The minimum absolute atomic E-state index is 0.124. The smallest absolute Gasteiger partial charge is 0.326 e. The van der Waals surface area contributed by atoms with Crippen molar-refractivity contribution in [2.24, 2.45) is 5.73 Å². The molecule has 0 aliphatic rings. The van der Waals surface area contributed by atoms with E-state index in [1.165, 1.54) is 18.3 Å². The molecule has 4 N–H and O–H groups in total. The van der Waals surface area contributed by atoms with Crippen LogP contribution in [0.5, 0.6) is 0 Å². The van der Waals surface area contributed by atoms with Gasteiger partial charge in [-0.3, -0.25) is 9.59 Å². The number of carbonyl (C=O) groups excluding carboxylic acids is 2. The van der Waals surface area contributed by atoms with Gasteiger partial charge in [0.25, 0.3) is 12.3 Å². The molecule has 1 aromatic rings. The average molecular weight is 289 g/mol. The monoisotopic (exact) mass is 289 g/mol. The van der Waals surface area contributed by atoms with Crippen molar-refractivity contribution < 1.29 is 28.3 Å². The van der Waals surface area contributed by atoms with E-state index in [1.807, 2.05) is 0 Å². The maximum Gasteiger partial charge on any atom is 0.326 e. The van der Waals surface area contributed by atoms with Crippen molar-refractivity contribution in [2.75, 3.05) is 0 Å². The number of alkyl halides is 2. The fraction of sp³-hybridized carbons (Fsp3) is 0.364. The Labute approximate surface area is 112 Å². The van der Waals surface area contributed by atoms with Gasteiger partial charge in [-0.2, -0.15) is 0 Å². The van der Waals surface area contributed by atoms with E-state index in [4.69, 9.17) is 10.8 Å². The van der Waals surface area contributed by atoms with Crippen molar-refractivity contribution in [1.82, 2.24) is 9.88 Å². The van der Waals surface area contributed by atoms with Crippen LogP contribution in [0, 0.1) is 0 Å². The second-order valence-corrected chi connectivity index (χ2v) is 3.97. The molecule has 0 aliphatic heterocycles. The average Bonchev–Trinajstić information content (AvgIpc) is 2.74. The maximum absolute atomic E-state index is 12.3. The summed E-state index contributed by atoms with van der Waals surface area (Å²) in [6.07, 6.45) is -1.98. The lowest BCUT2D eigenvalue weighted by Crippen LogP contribution is -2.43. The first-order valence-corrected chi connectivity index (χ1v) is 5.56. The number of rotatable bonds is 7. The summed E-state index contributed by atoms with van der Waals surface area (Å²) < 4.78 is 25.6. The Morgan fingerprint density at radius 3 is 2.55 bits per heavy atom. The zero-order valence-corrected chi connectivity index (χ0v) is 10.3. The minimum atomic E-state index is -2.66. The molecule has 7 nitrogen and oxygen atoms in total. The van der Waals surface area contributed by atoms with E-state index >= 15 is 0 Å². The highest BCUT2D eigenvalue weighted by molar-refractivity contribution is 5.96. The Morgan fingerprint density at radius 2 is 2.05 bits per heavy atom. The summed E-state index contributed by atoms with van der Waals surface area (Å²) in [5.41, 5.74) is 4.74. The van der Waals surface area contributed by atoms with Gasteiger partial charge < -0.3 is 20.7 Å². The van der Waals surface area contributed by atoms with Gasteiger partial charge in [0.2, 0.25) is 5.91 Å². The SMILES string of the molecule is NC(=O)CC(NC(=O)c1cccn1CC(F)F)C(=O)O. The van der Waals surface area contributed by atoms with Gasteiger partial charge in [0.05, 0.1) is 13.0 Å². The Balaban J connectivity index is 2.81. The van der Waals surface area contributed by atoms with Gasteiger partial charge in [-0.05, 0) is 12.1 Å². The fourth-order valence-corrected chi connectivity index (χ4v) is 1.56. The van der Waals surface area contributed by atoms with Gasteiger partial charge in [-0.1, -0.05) is 0 Å². The van der Waals surface area contributed by atoms with Crippen molar-refractivity contribution in [1.29, 1.82) is 0 Å². The molecule has 0 aliphatic carbocycles. The highest BCUT2D eigenvalue weighted by Gasteiger charge is 2.24. The summed E-state index contributed by atoms with van der Waals surface area (Å²) in [7, 11) is 0. The van der Waals surface area contributed by atoms with Gasteiger partial charge in [-0.15, -0.1) is 0 Å². The van der Waals surface area contributed by atoms with E-state index in [2.05, 4.69) is 5.32 Å².